The van der Waals surface area contributed by atoms with Crippen LogP contribution in [0.15, 0.2) is 41.5 Å². The first kappa shape index (κ1) is 28.9. The van der Waals surface area contributed by atoms with E-state index in [-0.39, 0.29) is 5.91 Å². The summed E-state index contributed by atoms with van der Waals surface area (Å²) in [5.41, 5.74) is 7.18. The lowest BCUT2D eigenvalue weighted by atomic mass is 9.89. The topological polar surface area (TPSA) is 94.3 Å². The molecule has 8 nitrogen and oxygen atoms in total. The fraction of sp³-hybridized carbons (Fsp3) is 0.621. The number of aliphatic imine (C=N–C) groups is 1. The lowest BCUT2D eigenvalue weighted by Gasteiger charge is -2.38. The highest BCUT2D eigenvalue weighted by Crippen LogP contribution is 2.23. The molecule has 204 valence electrons. The normalized spacial score (nSPS) is 18.8. The van der Waals surface area contributed by atoms with Crippen molar-refractivity contribution < 1.29 is 9.59 Å². The molecule has 2 amide bonds. The third-order valence-electron chi connectivity index (χ3n) is 7.43. The number of nitrogens with one attached hydrogen (secondary N) is 1. The van der Waals surface area contributed by atoms with Crippen LogP contribution in [0.5, 0.6) is 0 Å². The van der Waals surface area contributed by atoms with Crippen LogP contribution in [0.4, 0.5) is 5.69 Å². The average molecular weight is 511 g/mol. The summed E-state index contributed by atoms with van der Waals surface area (Å²) in [6.45, 7) is 9.36. The van der Waals surface area contributed by atoms with Crippen molar-refractivity contribution in [2.24, 2.45) is 16.6 Å². The lowest BCUT2D eigenvalue weighted by molar-refractivity contribution is -0.137. The summed E-state index contributed by atoms with van der Waals surface area (Å²) >= 11 is 0. The molecule has 0 spiro atoms. The zero-order chi connectivity index (χ0) is 26.8. The van der Waals surface area contributed by atoms with Gasteiger partial charge in [0.25, 0.3) is 0 Å². The van der Waals surface area contributed by atoms with Crippen molar-refractivity contribution in [1.82, 2.24) is 15.1 Å². The lowest BCUT2D eigenvalue weighted by Crippen LogP contribution is -2.57. The van der Waals surface area contributed by atoms with Gasteiger partial charge in [0.2, 0.25) is 12.3 Å². The summed E-state index contributed by atoms with van der Waals surface area (Å²) < 4.78 is 0. The van der Waals surface area contributed by atoms with Gasteiger partial charge >= 0.3 is 0 Å². The minimum Gasteiger partial charge on any atom is -0.353 e. The van der Waals surface area contributed by atoms with E-state index >= 15 is 0 Å². The number of amidine groups is 1. The van der Waals surface area contributed by atoms with Crippen molar-refractivity contribution >= 4 is 23.8 Å². The molecule has 1 saturated heterocycles. The molecule has 2 aliphatic rings. The maximum Gasteiger partial charge on any atom is 0.242 e. The Kier molecular flexibility index (Phi) is 10.7. The highest BCUT2D eigenvalue weighted by molar-refractivity contribution is 5.94. The number of carbonyl (C=O) groups is 2. The van der Waals surface area contributed by atoms with Gasteiger partial charge in [0.15, 0.2) is 0 Å². The molecule has 8 heteroatoms. The third-order valence-corrected chi connectivity index (χ3v) is 7.43. The molecule has 1 aliphatic heterocycles. The van der Waals surface area contributed by atoms with Crippen LogP contribution in [-0.2, 0) is 16.0 Å². The number of rotatable bonds is 10. The monoisotopic (exact) mass is 510 g/mol. The summed E-state index contributed by atoms with van der Waals surface area (Å²) in [5.74, 6) is 1.57. The summed E-state index contributed by atoms with van der Waals surface area (Å²) in [7, 11) is 1.74. The Labute approximate surface area is 223 Å². The third kappa shape index (κ3) is 8.68. The molecule has 1 aliphatic carbocycles. The predicted octanol–water partition coefficient (Wildman–Crippen LogP) is 3.17. The predicted molar refractivity (Wildman–Crippen MR) is 152 cm³/mol. The maximum atomic E-state index is 12.4. The first-order chi connectivity index (χ1) is 17.7. The van der Waals surface area contributed by atoms with Gasteiger partial charge in [-0.15, -0.1) is 0 Å². The van der Waals surface area contributed by atoms with Gasteiger partial charge in [-0.2, -0.15) is 0 Å². The number of hydrogen-bond acceptors (Lipinski definition) is 5. The van der Waals surface area contributed by atoms with Crippen LogP contribution < -0.4 is 16.0 Å². The second-order valence-electron chi connectivity index (χ2n) is 11.1. The highest BCUT2D eigenvalue weighted by atomic mass is 16.2. The largest absolute Gasteiger partial charge is 0.353 e. The summed E-state index contributed by atoms with van der Waals surface area (Å²) in [6.07, 6.45) is 12.2. The van der Waals surface area contributed by atoms with E-state index in [1.54, 1.807) is 36.9 Å². The number of nitrogens with two attached hydrogens (primary N) is 1. The Morgan fingerprint density at radius 1 is 1.14 bits per heavy atom. The molecule has 3 N–H and O–H groups in total. The van der Waals surface area contributed by atoms with Crippen molar-refractivity contribution in [2.75, 3.05) is 44.7 Å². The second-order valence-corrected chi connectivity index (χ2v) is 11.1. The van der Waals surface area contributed by atoms with E-state index in [0.717, 1.165) is 36.8 Å². The van der Waals surface area contributed by atoms with Gasteiger partial charge in [-0.25, -0.2) is 0 Å². The maximum absolute atomic E-state index is 12.4. The first-order valence-electron chi connectivity index (χ1n) is 13.8. The molecular weight excluding hydrogens is 464 g/mol. The number of carbonyl (C=O) groups excluding carboxylic acids is 2. The van der Waals surface area contributed by atoms with E-state index in [4.69, 9.17) is 5.73 Å². The number of nitrogens with zero attached hydrogens (tertiary/aromatic N) is 4. The van der Waals surface area contributed by atoms with E-state index in [1.165, 1.54) is 37.7 Å². The quantitative estimate of drug-likeness (QED) is 0.286. The number of piperazine rings is 1. The smallest absolute Gasteiger partial charge is 0.242 e. The number of benzene rings is 1. The number of amides is 2. The molecule has 1 heterocycles. The van der Waals surface area contributed by atoms with Crippen molar-refractivity contribution in [1.29, 1.82) is 0 Å². The summed E-state index contributed by atoms with van der Waals surface area (Å²) in [4.78, 5) is 34.2. The molecule has 3 rings (SSSR count). The van der Waals surface area contributed by atoms with Gasteiger partial charge in [-0.1, -0.05) is 31.4 Å². The van der Waals surface area contributed by atoms with Crippen molar-refractivity contribution in [3.8, 4) is 0 Å². The van der Waals surface area contributed by atoms with Gasteiger partial charge in [0.1, 0.15) is 5.84 Å². The van der Waals surface area contributed by atoms with Crippen molar-refractivity contribution in [3.63, 3.8) is 0 Å². The molecule has 2 fully saturated rings. The van der Waals surface area contributed by atoms with Crippen LogP contribution in [0, 0.1) is 5.92 Å². The zero-order valence-corrected chi connectivity index (χ0v) is 23.2. The zero-order valence-electron chi connectivity index (χ0n) is 23.2. The van der Waals surface area contributed by atoms with Gasteiger partial charge in [0.05, 0.1) is 5.54 Å². The summed E-state index contributed by atoms with van der Waals surface area (Å²) in [5, 5.41) is 3.71. The first-order valence-corrected chi connectivity index (χ1v) is 13.8. The van der Waals surface area contributed by atoms with Crippen LogP contribution in [0.25, 0.3) is 0 Å². The number of hydrogen-bond donors (Lipinski definition) is 2. The molecule has 37 heavy (non-hydrogen) atoms. The average Bonchev–Trinajstić information content (AvgIpc) is 2.90. The van der Waals surface area contributed by atoms with E-state index < -0.39 is 5.54 Å². The Hall–Kier alpha value is -2.71. The molecule has 0 radical (unpaired) electrons. The van der Waals surface area contributed by atoms with Gasteiger partial charge in [-0.05, 0) is 76.3 Å². The van der Waals surface area contributed by atoms with Crippen LogP contribution in [0.3, 0.4) is 0 Å². The molecule has 0 bridgehead atoms. The molecule has 1 atom stereocenters. The molecule has 1 aromatic rings. The van der Waals surface area contributed by atoms with Crippen molar-refractivity contribution in [3.05, 3.63) is 42.1 Å². The number of anilines is 1. The van der Waals surface area contributed by atoms with E-state index in [1.807, 2.05) is 18.2 Å². The van der Waals surface area contributed by atoms with E-state index in [2.05, 4.69) is 34.3 Å². The van der Waals surface area contributed by atoms with Crippen molar-refractivity contribution in [2.45, 2.75) is 70.9 Å². The van der Waals surface area contributed by atoms with Crippen LogP contribution >= 0.6 is 0 Å². The van der Waals surface area contributed by atoms with Gasteiger partial charge in [-0.3, -0.25) is 19.5 Å². The molecule has 1 unspecified atom stereocenters. The van der Waals surface area contributed by atoms with Crippen LogP contribution in [0.2, 0.25) is 0 Å². The van der Waals surface area contributed by atoms with E-state index in [9.17, 15) is 9.59 Å². The fourth-order valence-electron chi connectivity index (χ4n) is 5.19. The SMILES string of the molecule is CN=C(/C=C\N(C=O)c1ccc(CC(C)NCC2CCCCC2)cc1)N1CCN(C(=O)C(C)(C)N)CC1. The fourth-order valence-corrected chi connectivity index (χ4v) is 5.19. The Morgan fingerprint density at radius 3 is 2.32 bits per heavy atom. The Balaban J connectivity index is 1.51. The van der Waals surface area contributed by atoms with E-state index in [0.29, 0.717) is 32.2 Å². The second kappa shape index (κ2) is 13.7. The standard InChI is InChI=1S/C29H46N6O2/c1-23(32-21-25-8-6-5-7-9-25)20-24-10-12-26(13-11-24)35(22-36)15-14-27(31-4)33-16-18-34(19-17-33)28(37)29(2,3)30/h10-15,22-23,25,32H,5-9,16-21,30H2,1-4H3/b15-14-,31-27?. The molecule has 0 aromatic heterocycles. The Morgan fingerprint density at radius 2 is 1.76 bits per heavy atom. The van der Waals surface area contributed by atoms with Gasteiger partial charge in [0, 0.05) is 51.2 Å². The molecule has 1 saturated carbocycles. The minimum atomic E-state index is -0.868. The molecule has 1 aromatic carbocycles. The minimum absolute atomic E-state index is 0.0392. The summed E-state index contributed by atoms with van der Waals surface area (Å²) in [6, 6.07) is 8.60. The Bertz CT molecular complexity index is 923. The highest BCUT2D eigenvalue weighted by Gasteiger charge is 2.30. The molecular formula is C29H46N6O2. The van der Waals surface area contributed by atoms with Gasteiger partial charge < -0.3 is 20.9 Å². The van der Waals surface area contributed by atoms with Crippen LogP contribution in [-0.4, -0.2) is 79.3 Å². The van der Waals surface area contributed by atoms with Crippen LogP contribution in [0.1, 0.15) is 58.4 Å².